The van der Waals surface area contributed by atoms with Crippen LogP contribution in [0.4, 0.5) is 0 Å². The van der Waals surface area contributed by atoms with E-state index in [2.05, 4.69) is 64.5 Å². The van der Waals surface area contributed by atoms with Crippen LogP contribution in [0.15, 0.2) is 11.6 Å². The molecule has 132 valence electrons. The summed E-state index contributed by atoms with van der Waals surface area (Å²) in [5.41, 5.74) is 1.47. The zero-order valence-corrected chi connectivity index (χ0v) is 16.2. The van der Waals surface area contributed by atoms with E-state index < -0.39 is 0 Å². The maximum absolute atomic E-state index is 12.9. The summed E-state index contributed by atoms with van der Waals surface area (Å²) in [4.78, 5) is 17.5. The van der Waals surface area contributed by atoms with Gasteiger partial charge in [0.05, 0.1) is 5.92 Å². The molecule has 1 saturated heterocycles. The summed E-state index contributed by atoms with van der Waals surface area (Å²) in [6, 6.07) is 0.603. The van der Waals surface area contributed by atoms with Gasteiger partial charge in [-0.15, -0.1) is 0 Å². The fourth-order valence-electron chi connectivity index (χ4n) is 3.97. The summed E-state index contributed by atoms with van der Waals surface area (Å²) in [5.74, 6) is 1.78. The van der Waals surface area contributed by atoms with Crippen molar-refractivity contribution in [2.24, 2.45) is 23.2 Å². The molecule has 2 rings (SSSR count). The highest BCUT2D eigenvalue weighted by Gasteiger charge is 2.61. The van der Waals surface area contributed by atoms with Gasteiger partial charge in [-0.25, -0.2) is 0 Å². The SMILES string of the molecule is CC(C)=C[C@H]1[C@@H](C(=O)N2CCC(CN(C)C(C)C)CC2)C1(C)C. The molecule has 0 aromatic carbocycles. The molecular weight excluding hydrogens is 284 g/mol. The maximum Gasteiger partial charge on any atom is 0.226 e. The van der Waals surface area contributed by atoms with Crippen LogP contribution in [0.1, 0.15) is 54.4 Å². The molecule has 0 aromatic rings. The minimum atomic E-state index is 0.142. The number of rotatable bonds is 5. The van der Waals surface area contributed by atoms with Crippen LogP contribution in [-0.2, 0) is 4.79 Å². The number of amides is 1. The van der Waals surface area contributed by atoms with Gasteiger partial charge in [0.25, 0.3) is 0 Å². The average molecular weight is 321 g/mol. The van der Waals surface area contributed by atoms with Crippen molar-refractivity contribution in [1.29, 1.82) is 0 Å². The smallest absolute Gasteiger partial charge is 0.226 e. The van der Waals surface area contributed by atoms with Crippen molar-refractivity contribution in [3.63, 3.8) is 0 Å². The van der Waals surface area contributed by atoms with E-state index in [1.807, 2.05) is 0 Å². The molecule has 1 heterocycles. The van der Waals surface area contributed by atoms with Gasteiger partial charge in [-0.3, -0.25) is 4.79 Å². The Hall–Kier alpha value is -0.830. The minimum absolute atomic E-state index is 0.142. The largest absolute Gasteiger partial charge is 0.342 e. The summed E-state index contributed by atoms with van der Waals surface area (Å²) in [6.45, 7) is 16.3. The molecule has 3 heteroatoms. The summed E-state index contributed by atoms with van der Waals surface area (Å²) in [7, 11) is 2.21. The second kappa shape index (κ2) is 6.96. The summed E-state index contributed by atoms with van der Waals surface area (Å²) < 4.78 is 0. The first-order chi connectivity index (χ1) is 10.6. The van der Waals surface area contributed by atoms with E-state index in [4.69, 9.17) is 0 Å². The van der Waals surface area contributed by atoms with Crippen LogP contribution in [0.3, 0.4) is 0 Å². The van der Waals surface area contributed by atoms with Gasteiger partial charge in [-0.2, -0.15) is 0 Å². The Morgan fingerprint density at radius 1 is 1.26 bits per heavy atom. The normalized spacial score (nSPS) is 27.4. The fraction of sp³-hybridized carbons (Fsp3) is 0.850. The first kappa shape index (κ1) is 18.5. The van der Waals surface area contributed by atoms with Gasteiger partial charge in [-0.1, -0.05) is 25.5 Å². The predicted octanol–water partition coefficient (Wildman–Crippen LogP) is 3.80. The first-order valence-electron chi connectivity index (χ1n) is 9.28. The van der Waals surface area contributed by atoms with E-state index in [-0.39, 0.29) is 11.3 Å². The lowest BCUT2D eigenvalue weighted by molar-refractivity contribution is -0.135. The molecule has 0 radical (unpaired) electrons. The van der Waals surface area contributed by atoms with Gasteiger partial charge in [0.1, 0.15) is 0 Å². The van der Waals surface area contributed by atoms with E-state index in [0.717, 1.165) is 38.4 Å². The third kappa shape index (κ3) is 4.17. The van der Waals surface area contributed by atoms with Crippen molar-refractivity contribution in [3.05, 3.63) is 11.6 Å². The first-order valence-corrected chi connectivity index (χ1v) is 9.28. The molecule has 2 atom stereocenters. The molecule has 1 saturated carbocycles. The van der Waals surface area contributed by atoms with Crippen LogP contribution in [0.25, 0.3) is 0 Å². The number of hydrogen-bond acceptors (Lipinski definition) is 2. The lowest BCUT2D eigenvalue weighted by Gasteiger charge is -2.35. The lowest BCUT2D eigenvalue weighted by Crippen LogP contribution is -2.43. The van der Waals surface area contributed by atoms with Gasteiger partial charge in [0, 0.05) is 25.7 Å². The Bertz CT molecular complexity index is 454. The van der Waals surface area contributed by atoms with Crippen LogP contribution < -0.4 is 0 Å². The number of piperidine rings is 1. The molecule has 2 aliphatic rings. The van der Waals surface area contributed by atoms with Gasteiger partial charge >= 0.3 is 0 Å². The van der Waals surface area contributed by atoms with Crippen LogP contribution in [0, 0.1) is 23.2 Å². The molecule has 3 nitrogen and oxygen atoms in total. The van der Waals surface area contributed by atoms with Gasteiger partial charge < -0.3 is 9.80 Å². The Balaban J connectivity index is 1.86. The van der Waals surface area contributed by atoms with Crippen LogP contribution in [0.2, 0.25) is 0 Å². The minimum Gasteiger partial charge on any atom is -0.342 e. The van der Waals surface area contributed by atoms with Crippen molar-refractivity contribution < 1.29 is 4.79 Å². The highest BCUT2D eigenvalue weighted by atomic mass is 16.2. The maximum atomic E-state index is 12.9. The summed E-state index contributed by atoms with van der Waals surface area (Å²) in [6.07, 6.45) is 4.61. The van der Waals surface area contributed by atoms with E-state index in [0.29, 0.717) is 17.9 Å². The Morgan fingerprint density at radius 2 is 1.83 bits per heavy atom. The molecule has 0 bridgehead atoms. The molecule has 0 unspecified atom stereocenters. The Morgan fingerprint density at radius 3 is 2.30 bits per heavy atom. The number of nitrogens with zero attached hydrogens (tertiary/aromatic N) is 2. The molecule has 2 fully saturated rings. The zero-order valence-electron chi connectivity index (χ0n) is 16.2. The molecule has 1 aliphatic heterocycles. The van der Waals surface area contributed by atoms with E-state index in [1.54, 1.807) is 0 Å². The fourth-order valence-corrected chi connectivity index (χ4v) is 3.97. The van der Waals surface area contributed by atoms with Crippen molar-refractivity contribution in [2.75, 3.05) is 26.7 Å². The molecular formula is C20H36N2O. The number of hydrogen-bond donors (Lipinski definition) is 0. The van der Waals surface area contributed by atoms with Crippen LogP contribution in [0.5, 0.6) is 0 Å². The third-order valence-electron chi connectivity index (χ3n) is 6.04. The van der Waals surface area contributed by atoms with E-state index >= 15 is 0 Å². The van der Waals surface area contributed by atoms with Crippen LogP contribution in [-0.4, -0.2) is 48.4 Å². The highest BCUT2D eigenvalue weighted by molar-refractivity contribution is 5.84. The number of carbonyl (C=O) groups is 1. The molecule has 1 amide bonds. The van der Waals surface area contributed by atoms with Gasteiger partial charge in [-0.05, 0) is 64.8 Å². The second-order valence-electron chi connectivity index (χ2n) is 8.87. The molecule has 0 N–H and O–H groups in total. The van der Waals surface area contributed by atoms with Crippen molar-refractivity contribution in [2.45, 2.75) is 60.4 Å². The average Bonchev–Trinajstić information content (AvgIpc) is 2.98. The van der Waals surface area contributed by atoms with Crippen LogP contribution >= 0.6 is 0 Å². The Labute approximate surface area is 143 Å². The zero-order chi connectivity index (χ0) is 17.4. The summed E-state index contributed by atoms with van der Waals surface area (Å²) in [5, 5.41) is 0. The molecule has 23 heavy (non-hydrogen) atoms. The van der Waals surface area contributed by atoms with Gasteiger partial charge in [0.2, 0.25) is 5.91 Å². The molecule has 0 spiro atoms. The number of allylic oxidation sites excluding steroid dienone is 2. The van der Waals surface area contributed by atoms with Crippen molar-refractivity contribution in [3.8, 4) is 0 Å². The number of likely N-dealkylation sites (tertiary alicyclic amines) is 1. The van der Waals surface area contributed by atoms with Crippen molar-refractivity contribution >= 4 is 5.91 Å². The third-order valence-corrected chi connectivity index (χ3v) is 6.04. The predicted molar refractivity (Wildman–Crippen MR) is 97.3 cm³/mol. The standard InChI is InChI=1S/C20H36N2O/c1-14(2)12-17-18(20(17,5)6)19(23)22-10-8-16(9-11-22)13-21(7)15(3)4/h12,15-18H,8-11,13H2,1-7H3/t17-,18-/m0/s1. The second-order valence-corrected chi connectivity index (χ2v) is 8.87. The van der Waals surface area contributed by atoms with E-state index in [1.165, 1.54) is 5.57 Å². The summed E-state index contributed by atoms with van der Waals surface area (Å²) >= 11 is 0. The topological polar surface area (TPSA) is 23.6 Å². The van der Waals surface area contributed by atoms with E-state index in [9.17, 15) is 4.79 Å². The molecule has 1 aliphatic carbocycles. The van der Waals surface area contributed by atoms with Gasteiger partial charge in [0.15, 0.2) is 0 Å². The monoisotopic (exact) mass is 320 g/mol. The highest BCUT2D eigenvalue weighted by Crippen LogP contribution is 2.60. The number of carbonyl (C=O) groups excluding carboxylic acids is 1. The quantitative estimate of drug-likeness (QED) is 0.719. The molecule has 0 aromatic heterocycles. The van der Waals surface area contributed by atoms with Crippen molar-refractivity contribution in [1.82, 2.24) is 9.80 Å². The lowest BCUT2D eigenvalue weighted by atomic mass is 9.95. The Kier molecular flexibility index (Phi) is 5.60.